The predicted molar refractivity (Wildman–Crippen MR) is 72.5 cm³/mol. The largest absolute Gasteiger partial charge is 0.494 e. The second kappa shape index (κ2) is 6.21. The molecule has 1 fully saturated rings. The molecule has 18 heavy (non-hydrogen) atoms. The number of aliphatic hydroxyl groups is 1. The number of para-hydroxylation sites is 1. The molecule has 0 saturated heterocycles. The molecule has 0 heterocycles. The molecule has 1 aromatic rings. The van der Waals surface area contributed by atoms with Crippen LogP contribution in [0.1, 0.15) is 32.1 Å². The summed E-state index contributed by atoms with van der Waals surface area (Å²) >= 11 is 0. The van der Waals surface area contributed by atoms with Gasteiger partial charge in [0.15, 0.2) is 0 Å². The van der Waals surface area contributed by atoms with Crippen molar-refractivity contribution in [3.8, 4) is 5.75 Å². The van der Waals surface area contributed by atoms with Crippen molar-refractivity contribution >= 4 is 0 Å². The molecule has 0 spiro atoms. The first kappa shape index (κ1) is 13.4. The van der Waals surface area contributed by atoms with Gasteiger partial charge in [0.2, 0.25) is 0 Å². The van der Waals surface area contributed by atoms with Crippen LogP contribution in [0, 0.1) is 5.41 Å². The van der Waals surface area contributed by atoms with Gasteiger partial charge in [-0.2, -0.15) is 0 Å². The first-order valence-corrected chi connectivity index (χ1v) is 6.83. The molecule has 2 rings (SSSR count). The molecule has 100 valence electrons. The van der Waals surface area contributed by atoms with Gasteiger partial charge in [0.25, 0.3) is 0 Å². The summed E-state index contributed by atoms with van der Waals surface area (Å²) in [5.74, 6) is 0.884. The summed E-state index contributed by atoms with van der Waals surface area (Å²) in [6, 6.07) is 9.80. The molecule has 0 aromatic heterocycles. The van der Waals surface area contributed by atoms with Crippen molar-refractivity contribution in [2.24, 2.45) is 11.1 Å². The third-order valence-corrected chi connectivity index (χ3v) is 4.13. The van der Waals surface area contributed by atoms with Crippen LogP contribution in [0.5, 0.6) is 5.75 Å². The molecular weight excluding hydrogens is 226 g/mol. The van der Waals surface area contributed by atoms with Crippen LogP contribution in [0.2, 0.25) is 0 Å². The summed E-state index contributed by atoms with van der Waals surface area (Å²) in [6.07, 6.45) is 4.74. The summed E-state index contributed by atoms with van der Waals surface area (Å²) in [5.41, 5.74) is 5.76. The van der Waals surface area contributed by atoms with E-state index >= 15 is 0 Å². The molecule has 0 radical (unpaired) electrons. The summed E-state index contributed by atoms with van der Waals surface area (Å²) in [4.78, 5) is 0. The fourth-order valence-electron chi connectivity index (χ4n) is 2.81. The summed E-state index contributed by atoms with van der Waals surface area (Å²) < 4.78 is 5.72. The van der Waals surface area contributed by atoms with Crippen molar-refractivity contribution in [1.29, 1.82) is 0 Å². The number of hydrogen-bond acceptors (Lipinski definition) is 3. The summed E-state index contributed by atoms with van der Waals surface area (Å²) in [5, 5.41) is 10.2. The van der Waals surface area contributed by atoms with Gasteiger partial charge in [0.05, 0.1) is 12.7 Å². The maximum Gasteiger partial charge on any atom is 0.119 e. The molecule has 0 bridgehead atoms. The topological polar surface area (TPSA) is 55.5 Å². The Kier molecular flexibility index (Phi) is 4.61. The number of nitrogens with two attached hydrogens (primary N) is 1. The second-order valence-electron chi connectivity index (χ2n) is 5.24. The van der Waals surface area contributed by atoms with Crippen molar-refractivity contribution in [2.75, 3.05) is 13.2 Å². The lowest BCUT2D eigenvalue weighted by atomic mass is 9.70. The highest BCUT2D eigenvalue weighted by Crippen LogP contribution is 2.38. The molecular formula is C15H23NO2. The van der Waals surface area contributed by atoms with Gasteiger partial charge in [-0.25, -0.2) is 0 Å². The number of benzene rings is 1. The lowest BCUT2D eigenvalue weighted by Crippen LogP contribution is -2.45. The maximum absolute atomic E-state index is 10.2. The Bertz CT molecular complexity index is 355. The van der Waals surface area contributed by atoms with Crippen molar-refractivity contribution < 1.29 is 9.84 Å². The van der Waals surface area contributed by atoms with Gasteiger partial charge in [-0.1, -0.05) is 31.0 Å². The highest BCUT2D eigenvalue weighted by Gasteiger charge is 2.38. The van der Waals surface area contributed by atoms with E-state index < -0.39 is 0 Å². The minimum atomic E-state index is -0.268. The molecule has 1 aromatic carbocycles. The van der Waals surface area contributed by atoms with Crippen LogP contribution < -0.4 is 10.5 Å². The number of aliphatic hydroxyl groups excluding tert-OH is 1. The van der Waals surface area contributed by atoms with Gasteiger partial charge in [0.1, 0.15) is 5.75 Å². The van der Waals surface area contributed by atoms with Crippen LogP contribution in [0.25, 0.3) is 0 Å². The van der Waals surface area contributed by atoms with Crippen LogP contribution in [0.4, 0.5) is 0 Å². The highest BCUT2D eigenvalue weighted by molar-refractivity contribution is 5.20. The fraction of sp³-hybridized carbons (Fsp3) is 0.600. The zero-order chi connectivity index (χ0) is 12.8. The van der Waals surface area contributed by atoms with Gasteiger partial charge in [-0.3, -0.25) is 0 Å². The normalized spacial score (nSPS) is 28.0. The van der Waals surface area contributed by atoms with E-state index in [1.165, 1.54) is 6.42 Å². The Morgan fingerprint density at radius 3 is 2.72 bits per heavy atom. The Morgan fingerprint density at radius 1 is 1.28 bits per heavy atom. The van der Waals surface area contributed by atoms with Crippen LogP contribution >= 0.6 is 0 Å². The third kappa shape index (κ3) is 3.03. The standard InChI is InChI=1S/C15H23NO2/c16-12-15(9-5-4-8-14(15)17)10-11-18-13-6-2-1-3-7-13/h1-3,6-7,14,17H,4-5,8-12,16H2. The van der Waals surface area contributed by atoms with E-state index in [0.29, 0.717) is 13.2 Å². The predicted octanol–water partition coefficient (Wildman–Crippen LogP) is 2.34. The Hall–Kier alpha value is -1.06. The number of hydrogen-bond donors (Lipinski definition) is 2. The molecule has 3 heteroatoms. The van der Waals surface area contributed by atoms with E-state index in [4.69, 9.17) is 10.5 Å². The third-order valence-electron chi connectivity index (χ3n) is 4.13. The van der Waals surface area contributed by atoms with Gasteiger partial charge >= 0.3 is 0 Å². The van der Waals surface area contributed by atoms with Crippen molar-refractivity contribution in [1.82, 2.24) is 0 Å². The minimum Gasteiger partial charge on any atom is -0.494 e. The van der Waals surface area contributed by atoms with E-state index in [1.807, 2.05) is 30.3 Å². The molecule has 3 N–H and O–H groups in total. The Morgan fingerprint density at radius 2 is 2.06 bits per heavy atom. The van der Waals surface area contributed by atoms with Crippen LogP contribution in [-0.4, -0.2) is 24.4 Å². The summed E-state index contributed by atoms with van der Waals surface area (Å²) in [6.45, 7) is 1.17. The van der Waals surface area contributed by atoms with Crippen molar-refractivity contribution in [3.63, 3.8) is 0 Å². The first-order valence-electron chi connectivity index (χ1n) is 6.83. The molecule has 2 atom stereocenters. The molecule has 2 unspecified atom stereocenters. The Labute approximate surface area is 109 Å². The van der Waals surface area contributed by atoms with Crippen LogP contribution in [0.15, 0.2) is 30.3 Å². The lowest BCUT2D eigenvalue weighted by Gasteiger charge is -2.40. The van der Waals surface area contributed by atoms with Crippen molar-refractivity contribution in [3.05, 3.63) is 30.3 Å². The molecule has 0 aliphatic heterocycles. The van der Waals surface area contributed by atoms with Crippen LogP contribution in [0.3, 0.4) is 0 Å². The Balaban J connectivity index is 1.87. The van der Waals surface area contributed by atoms with Gasteiger partial charge < -0.3 is 15.6 Å². The fourth-order valence-corrected chi connectivity index (χ4v) is 2.81. The van der Waals surface area contributed by atoms with Gasteiger partial charge in [0, 0.05) is 12.0 Å². The highest BCUT2D eigenvalue weighted by atomic mass is 16.5. The lowest BCUT2D eigenvalue weighted by molar-refractivity contribution is -0.0191. The van der Waals surface area contributed by atoms with E-state index in [1.54, 1.807) is 0 Å². The number of ether oxygens (including phenoxy) is 1. The van der Waals surface area contributed by atoms with Gasteiger partial charge in [-0.05, 0) is 31.4 Å². The minimum absolute atomic E-state index is 0.132. The summed E-state index contributed by atoms with van der Waals surface area (Å²) in [7, 11) is 0. The molecule has 0 amide bonds. The zero-order valence-corrected chi connectivity index (χ0v) is 10.8. The van der Waals surface area contributed by atoms with E-state index in [2.05, 4.69) is 0 Å². The molecule has 1 aliphatic rings. The zero-order valence-electron chi connectivity index (χ0n) is 10.8. The van der Waals surface area contributed by atoms with E-state index in [0.717, 1.165) is 31.4 Å². The molecule has 1 saturated carbocycles. The first-order chi connectivity index (χ1) is 8.77. The molecule has 3 nitrogen and oxygen atoms in total. The van der Waals surface area contributed by atoms with E-state index in [-0.39, 0.29) is 11.5 Å². The SMILES string of the molecule is NCC1(CCOc2ccccc2)CCCCC1O. The maximum atomic E-state index is 10.2. The van der Waals surface area contributed by atoms with Gasteiger partial charge in [-0.15, -0.1) is 0 Å². The number of rotatable bonds is 5. The van der Waals surface area contributed by atoms with Crippen LogP contribution in [-0.2, 0) is 0 Å². The smallest absolute Gasteiger partial charge is 0.119 e. The van der Waals surface area contributed by atoms with Crippen molar-refractivity contribution in [2.45, 2.75) is 38.2 Å². The van der Waals surface area contributed by atoms with E-state index in [9.17, 15) is 5.11 Å². The average molecular weight is 249 g/mol. The monoisotopic (exact) mass is 249 g/mol. The second-order valence-corrected chi connectivity index (χ2v) is 5.24. The average Bonchev–Trinajstić information content (AvgIpc) is 2.42. The molecule has 1 aliphatic carbocycles. The quantitative estimate of drug-likeness (QED) is 0.842.